The number of nitrogen functional groups attached to an aromatic ring is 1. The van der Waals surface area contributed by atoms with Gasteiger partial charge in [0.1, 0.15) is 11.8 Å². The number of fused-ring (bicyclic) bond motifs is 1. The Morgan fingerprint density at radius 1 is 1.17 bits per heavy atom. The second kappa shape index (κ2) is 3.96. The summed E-state index contributed by atoms with van der Waals surface area (Å²) in [5, 5.41) is 0.338. The number of imidazole rings is 1. The van der Waals surface area contributed by atoms with Crippen molar-refractivity contribution >= 4 is 28.7 Å². The maximum atomic E-state index is 6.09. The van der Waals surface area contributed by atoms with Gasteiger partial charge in [0.05, 0.1) is 0 Å². The van der Waals surface area contributed by atoms with Crippen LogP contribution in [0.4, 0.5) is 5.95 Å². The van der Waals surface area contributed by atoms with E-state index < -0.39 is 0 Å². The monoisotopic (exact) mass is 259 g/mol. The summed E-state index contributed by atoms with van der Waals surface area (Å²) in [5.41, 5.74) is 9.09. The van der Waals surface area contributed by atoms with E-state index >= 15 is 0 Å². The van der Waals surface area contributed by atoms with E-state index in [0.29, 0.717) is 22.3 Å². The van der Waals surface area contributed by atoms with Crippen LogP contribution in [0.5, 0.6) is 0 Å². The van der Waals surface area contributed by atoms with Crippen LogP contribution in [-0.2, 0) is 0 Å². The van der Waals surface area contributed by atoms with E-state index in [0.717, 1.165) is 5.69 Å². The minimum Gasteiger partial charge on any atom is -0.369 e. The van der Waals surface area contributed by atoms with Gasteiger partial charge in [-0.2, -0.15) is 4.98 Å². The second-order valence-electron chi connectivity index (χ2n) is 3.98. The van der Waals surface area contributed by atoms with Crippen molar-refractivity contribution in [3.63, 3.8) is 0 Å². The molecule has 0 fully saturated rings. The molecule has 0 bridgehead atoms. The van der Waals surface area contributed by atoms with Gasteiger partial charge in [-0.25, -0.2) is 9.97 Å². The molecule has 0 spiro atoms. The highest BCUT2D eigenvalue weighted by molar-refractivity contribution is 6.33. The van der Waals surface area contributed by atoms with Gasteiger partial charge in [-0.15, -0.1) is 0 Å². The molecule has 0 saturated carbocycles. The average Bonchev–Trinajstić information content (AvgIpc) is 2.68. The lowest BCUT2D eigenvalue weighted by molar-refractivity contribution is 1.10. The van der Waals surface area contributed by atoms with Gasteiger partial charge in [-0.05, 0) is 19.1 Å². The number of aromatic nitrogens is 4. The minimum atomic E-state index is 0.338. The Hall–Kier alpha value is -2.14. The number of hydrogen-bond acceptors (Lipinski definition) is 4. The van der Waals surface area contributed by atoms with Gasteiger partial charge >= 0.3 is 0 Å². The number of rotatable bonds is 1. The van der Waals surface area contributed by atoms with E-state index in [1.807, 2.05) is 31.2 Å². The molecule has 1 aromatic carbocycles. The highest BCUT2D eigenvalue weighted by atomic mass is 35.5. The summed E-state index contributed by atoms with van der Waals surface area (Å²) in [6, 6.07) is 7.91. The van der Waals surface area contributed by atoms with E-state index in [-0.39, 0.29) is 0 Å². The smallest absolute Gasteiger partial charge is 0.207 e. The van der Waals surface area contributed by atoms with Crippen molar-refractivity contribution in [3.8, 4) is 5.69 Å². The van der Waals surface area contributed by atoms with Crippen molar-refractivity contribution in [3.05, 3.63) is 41.3 Å². The fraction of sp³-hybridized carbons (Fsp3) is 0.0833. The number of nitrogens with two attached hydrogens (primary N) is 1. The van der Waals surface area contributed by atoms with Crippen molar-refractivity contribution < 1.29 is 0 Å². The molecule has 0 atom stereocenters. The molecule has 0 unspecified atom stereocenters. The third kappa shape index (κ3) is 1.60. The number of halogens is 1. The summed E-state index contributed by atoms with van der Waals surface area (Å²) in [6.07, 6.45) is 1.37. The third-order valence-corrected chi connectivity index (χ3v) is 3.00. The molecule has 0 aliphatic rings. The van der Waals surface area contributed by atoms with Gasteiger partial charge in [0.25, 0.3) is 0 Å². The quantitative estimate of drug-likeness (QED) is 0.681. The van der Waals surface area contributed by atoms with Crippen LogP contribution in [-0.4, -0.2) is 19.5 Å². The van der Waals surface area contributed by atoms with Crippen LogP contribution in [0.1, 0.15) is 5.56 Å². The van der Waals surface area contributed by atoms with Gasteiger partial charge in [0.2, 0.25) is 5.95 Å². The summed E-state index contributed by atoms with van der Waals surface area (Å²) in [5.74, 6) is 0.344. The lowest BCUT2D eigenvalue weighted by Crippen LogP contribution is -2.01. The molecule has 18 heavy (non-hydrogen) atoms. The summed E-state index contributed by atoms with van der Waals surface area (Å²) < 4.78 is 1.75. The Bertz CT molecular complexity index is 717. The van der Waals surface area contributed by atoms with Crippen LogP contribution < -0.4 is 5.73 Å². The van der Waals surface area contributed by atoms with Crippen molar-refractivity contribution in [2.24, 2.45) is 0 Å². The van der Waals surface area contributed by atoms with Crippen molar-refractivity contribution in [2.75, 3.05) is 5.73 Å². The zero-order valence-electron chi connectivity index (χ0n) is 9.63. The fourth-order valence-electron chi connectivity index (χ4n) is 1.85. The molecule has 2 heterocycles. The summed E-state index contributed by atoms with van der Waals surface area (Å²) >= 11 is 6.09. The molecule has 3 rings (SSSR count). The molecule has 0 amide bonds. The van der Waals surface area contributed by atoms with Crippen molar-refractivity contribution in [2.45, 2.75) is 6.92 Å². The number of benzene rings is 1. The van der Waals surface area contributed by atoms with Crippen LogP contribution in [0.2, 0.25) is 5.15 Å². The molecule has 2 aromatic heterocycles. The molecule has 3 aromatic rings. The fourth-order valence-corrected chi connectivity index (χ4v) is 2.06. The number of hydrogen-bond donors (Lipinski definition) is 1. The Morgan fingerprint density at radius 2 is 1.89 bits per heavy atom. The van der Waals surface area contributed by atoms with Crippen LogP contribution in [0.15, 0.2) is 30.6 Å². The van der Waals surface area contributed by atoms with Crippen LogP contribution >= 0.6 is 11.6 Å². The lowest BCUT2D eigenvalue weighted by Gasteiger charge is -2.06. The Kier molecular flexibility index (Phi) is 2.41. The highest BCUT2D eigenvalue weighted by Crippen LogP contribution is 2.26. The molecule has 0 saturated heterocycles. The van der Waals surface area contributed by atoms with Gasteiger partial charge in [0, 0.05) is 5.69 Å². The number of aryl methyl sites for hydroxylation is 1. The lowest BCUT2D eigenvalue weighted by atomic mass is 10.2. The summed E-state index contributed by atoms with van der Waals surface area (Å²) in [7, 11) is 0. The molecule has 0 aliphatic heterocycles. The summed E-state index contributed by atoms with van der Waals surface area (Å²) in [6.45, 7) is 2.02. The largest absolute Gasteiger partial charge is 0.369 e. The van der Waals surface area contributed by atoms with Gasteiger partial charge in [-0.3, -0.25) is 4.57 Å². The van der Waals surface area contributed by atoms with Crippen molar-refractivity contribution in [1.29, 1.82) is 0 Å². The number of anilines is 1. The van der Waals surface area contributed by atoms with Crippen LogP contribution in [0.3, 0.4) is 0 Å². The normalized spacial score (nSPS) is 11.0. The van der Waals surface area contributed by atoms with E-state index in [4.69, 9.17) is 17.3 Å². The first-order chi connectivity index (χ1) is 8.66. The molecule has 2 N–H and O–H groups in total. The molecule has 6 heteroatoms. The van der Waals surface area contributed by atoms with E-state index in [2.05, 4.69) is 15.0 Å². The highest BCUT2D eigenvalue weighted by Gasteiger charge is 2.14. The summed E-state index contributed by atoms with van der Waals surface area (Å²) in [4.78, 5) is 12.2. The Labute approximate surface area is 108 Å². The molecule has 90 valence electrons. The van der Waals surface area contributed by atoms with E-state index in [9.17, 15) is 0 Å². The first-order valence-electron chi connectivity index (χ1n) is 5.38. The topological polar surface area (TPSA) is 69.6 Å². The zero-order chi connectivity index (χ0) is 12.7. The maximum Gasteiger partial charge on any atom is 0.207 e. The van der Waals surface area contributed by atoms with Crippen molar-refractivity contribution in [1.82, 2.24) is 19.5 Å². The Balaban J connectivity index is 2.34. The standard InChI is InChI=1S/C12H10ClN5/c1-7-2-4-8(5-3-7)18-9-10(13)15-6-16-11(9)17-12(18)14/h2-6H,1H3,(H2,14,15,16,17). The maximum absolute atomic E-state index is 6.09. The average molecular weight is 260 g/mol. The number of nitrogens with zero attached hydrogens (tertiary/aromatic N) is 4. The molecule has 5 nitrogen and oxygen atoms in total. The molecule has 0 radical (unpaired) electrons. The van der Waals surface area contributed by atoms with Crippen LogP contribution in [0.25, 0.3) is 16.9 Å². The van der Waals surface area contributed by atoms with Gasteiger partial charge < -0.3 is 5.73 Å². The van der Waals surface area contributed by atoms with Gasteiger partial charge in [-0.1, -0.05) is 29.3 Å². The molecule has 0 aliphatic carbocycles. The third-order valence-electron chi connectivity index (χ3n) is 2.72. The van der Waals surface area contributed by atoms with Gasteiger partial charge in [0.15, 0.2) is 10.8 Å². The SMILES string of the molecule is Cc1ccc(-n2c(N)nc3ncnc(Cl)c32)cc1. The first kappa shape index (κ1) is 11.0. The predicted molar refractivity (Wildman–Crippen MR) is 70.8 cm³/mol. The first-order valence-corrected chi connectivity index (χ1v) is 5.76. The predicted octanol–water partition coefficient (Wildman–Crippen LogP) is 2.36. The second-order valence-corrected chi connectivity index (χ2v) is 4.34. The Morgan fingerprint density at radius 3 is 2.61 bits per heavy atom. The van der Waals surface area contributed by atoms with E-state index in [1.165, 1.54) is 11.9 Å². The minimum absolute atomic E-state index is 0.338. The molecular formula is C12H10ClN5. The van der Waals surface area contributed by atoms with Crippen LogP contribution in [0, 0.1) is 6.92 Å². The molecular weight excluding hydrogens is 250 g/mol. The van der Waals surface area contributed by atoms with E-state index in [1.54, 1.807) is 4.57 Å². The zero-order valence-corrected chi connectivity index (χ0v) is 10.4.